The van der Waals surface area contributed by atoms with Crippen molar-refractivity contribution in [2.45, 2.75) is 17.6 Å². The van der Waals surface area contributed by atoms with Crippen LogP contribution < -0.4 is 4.74 Å². The number of sulfone groups is 1. The van der Waals surface area contributed by atoms with Crippen LogP contribution in [0.25, 0.3) is 0 Å². The van der Waals surface area contributed by atoms with Crippen LogP contribution in [0.5, 0.6) is 5.75 Å². The van der Waals surface area contributed by atoms with Crippen molar-refractivity contribution >= 4 is 15.8 Å². The smallest absolute Gasteiger partial charge is 0.335 e. The van der Waals surface area contributed by atoms with Crippen molar-refractivity contribution in [3.8, 4) is 5.75 Å². The van der Waals surface area contributed by atoms with Gasteiger partial charge in [-0.05, 0) is 30.7 Å². The highest BCUT2D eigenvalue weighted by molar-refractivity contribution is 7.90. The van der Waals surface area contributed by atoms with Crippen LogP contribution in [0.4, 0.5) is 0 Å². The molecule has 0 aliphatic heterocycles. The molecule has 0 saturated carbocycles. The van der Waals surface area contributed by atoms with Gasteiger partial charge < -0.3 is 9.84 Å². The predicted molar refractivity (Wildman–Crippen MR) is 82.0 cm³/mol. The van der Waals surface area contributed by atoms with Gasteiger partial charge in [-0.3, -0.25) is 0 Å². The fourth-order valence-electron chi connectivity index (χ4n) is 2.16. The van der Waals surface area contributed by atoms with Gasteiger partial charge in [-0.15, -0.1) is 0 Å². The number of rotatable bonds is 5. The van der Waals surface area contributed by atoms with Crippen LogP contribution in [0, 0.1) is 6.92 Å². The molecular weight excluding hydrogens is 304 g/mol. The van der Waals surface area contributed by atoms with Crippen molar-refractivity contribution in [1.29, 1.82) is 0 Å². The Bertz CT molecular complexity index is 809. The zero-order valence-electron chi connectivity index (χ0n) is 12.2. The van der Waals surface area contributed by atoms with Gasteiger partial charge in [0.2, 0.25) is 0 Å². The van der Waals surface area contributed by atoms with Gasteiger partial charge in [-0.25, -0.2) is 13.2 Å². The van der Waals surface area contributed by atoms with Crippen molar-refractivity contribution < 1.29 is 23.1 Å². The van der Waals surface area contributed by atoms with Crippen LogP contribution in [-0.4, -0.2) is 26.6 Å². The third-order valence-electron chi connectivity index (χ3n) is 3.18. The maximum atomic E-state index is 12.5. The lowest BCUT2D eigenvalue weighted by molar-refractivity contribution is 0.0696. The summed E-state index contributed by atoms with van der Waals surface area (Å²) in [4.78, 5) is 10.9. The van der Waals surface area contributed by atoms with E-state index in [0.717, 1.165) is 5.56 Å². The van der Waals surface area contributed by atoms with E-state index in [9.17, 15) is 13.2 Å². The molecular formula is C16H16O5S. The highest BCUT2D eigenvalue weighted by atomic mass is 32.2. The summed E-state index contributed by atoms with van der Waals surface area (Å²) in [7, 11) is -2.32. The largest absolute Gasteiger partial charge is 0.495 e. The average molecular weight is 320 g/mol. The summed E-state index contributed by atoms with van der Waals surface area (Å²) in [6, 6.07) is 11.0. The Hall–Kier alpha value is -2.34. The van der Waals surface area contributed by atoms with E-state index in [1.54, 1.807) is 18.2 Å². The lowest BCUT2D eigenvalue weighted by Gasteiger charge is -2.11. The highest BCUT2D eigenvalue weighted by Crippen LogP contribution is 2.28. The molecule has 0 aromatic heterocycles. The Morgan fingerprint density at radius 3 is 2.50 bits per heavy atom. The van der Waals surface area contributed by atoms with Gasteiger partial charge in [-0.1, -0.05) is 29.8 Å². The Morgan fingerprint density at radius 2 is 1.91 bits per heavy atom. The second kappa shape index (κ2) is 6.19. The first-order valence-electron chi connectivity index (χ1n) is 6.53. The summed E-state index contributed by atoms with van der Waals surface area (Å²) in [5.74, 6) is -1.27. The van der Waals surface area contributed by atoms with E-state index < -0.39 is 15.8 Å². The summed E-state index contributed by atoms with van der Waals surface area (Å²) in [6.45, 7) is 1.89. The molecule has 0 fully saturated rings. The Balaban J connectivity index is 2.43. The number of benzene rings is 2. The van der Waals surface area contributed by atoms with E-state index in [-0.39, 0.29) is 22.0 Å². The number of carboxylic acids is 1. The molecule has 116 valence electrons. The van der Waals surface area contributed by atoms with Gasteiger partial charge >= 0.3 is 5.97 Å². The van der Waals surface area contributed by atoms with Gasteiger partial charge in [0.05, 0.1) is 18.4 Å². The molecule has 0 radical (unpaired) electrons. The molecule has 22 heavy (non-hydrogen) atoms. The van der Waals surface area contributed by atoms with Crippen LogP contribution in [0.2, 0.25) is 0 Å². The SMILES string of the molecule is COc1cc(C(=O)O)ccc1S(=O)(=O)Cc1cccc(C)c1. The van der Waals surface area contributed by atoms with E-state index in [2.05, 4.69) is 0 Å². The first-order valence-corrected chi connectivity index (χ1v) is 8.18. The standard InChI is InChI=1S/C16H16O5S/c1-11-4-3-5-12(8-11)10-22(19,20)15-7-6-13(16(17)18)9-14(15)21-2/h3-9H,10H2,1-2H3,(H,17,18). The van der Waals surface area contributed by atoms with Crippen molar-refractivity contribution in [3.05, 3.63) is 59.2 Å². The minimum Gasteiger partial charge on any atom is -0.495 e. The second-order valence-corrected chi connectivity index (χ2v) is 6.88. The number of ether oxygens (including phenoxy) is 1. The zero-order chi connectivity index (χ0) is 16.3. The van der Waals surface area contributed by atoms with Crippen LogP contribution in [-0.2, 0) is 15.6 Å². The van der Waals surface area contributed by atoms with E-state index in [0.29, 0.717) is 5.56 Å². The molecule has 0 spiro atoms. The number of carboxylic acid groups (broad SMARTS) is 1. The first kappa shape index (κ1) is 16.0. The molecule has 0 atom stereocenters. The predicted octanol–water partition coefficient (Wildman–Crippen LogP) is 2.68. The van der Waals surface area contributed by atoms with Crippen LogP contribution >= 0.6 is 0 Å². The second-order valence-electron chi connectivity index (χ2n) is 4.92. The Morgan fingerprint density at radius 1 is 1.18 bits per heavy atom. The molecule has 0 aliphatic rings. The van der Waals surface area contributed by atoms with E-state index >= 15 is 0 Å². The number of aryl methyl sites for hydroxylation is 1. The fourth-order valence-corrected chi connectivity index (χ4v) is 3.65. The summed E-state index contributed by atoms with van der Waals surface area (Å²) in [5.41, 5.74) is 1.62. The molecule has 0 aliphatic carbocycles. The number of methoxy groups -OCH3 is 1. The minimum atomic E-state index is -3.63. The number of hydrogen-bond acceptors (Lipinski definition) is 4. The topological polar surface area (TPSA) is 80.7 Å². The molecule has 0 heterocycles. The van der Waals surface area contributed by atoms with Crippen LogP contribution in [0.3, 0.4) is 0 Å². The highest BCUT2D eigenvalue weighted by Gasteiger charge is 2.21. The molecule has 6 heteroatoms. The maximum absolute atomic E-state index is 12.5. The average Bonchev–Trinajstić information content (AvgIpc) is 2.46. The van der Waals surface area contributed by atoms with Crippen molar-refractivity contribution in [2.24, 2.45) is 0 Å². The number of carbonyl (C=O) groups is 1. The van der Waals surface area contributed by atoms with Gasteiger partial charge in [0.15, 0.2) is 9.84 Å². The van der Waals surface area contributed by atoms with E-state index in [1.807, 2.05) is 13.0 Å². The molecule has 0 amide bonds. The Labute approximate surface area is 129 Å². The third kappa shape index (κ3) is 3.46. The normalized spacial score (nSPS) is 11.2. The lowest BCUT2D eigenvalue weighted by Crippen LogP contribution is -2.08. The monoisotopic (exact) mass is 320 g/mol. The van der Waals surface area contributed by atoms with Gasteiger partial charge in [0, 0.05) is 0 Å². The first-order chi connectivity index (χ1) is 10.3. The van der Waals surface area contributed by atoms with Crippen LogP contribution in [0.1, 0.15) is 21.5 Å². The zero-order valence-corrected chi connectivity index (χ0v) is 13.1. The molecule has 0 unspecified atom stereocenters. The van der Waals surface area contributed by atoms with Gasteiger partial charge in [0.25, 0.3) is 0 Å². The van der Waals surface area contributed by atoms with Gasteiger partial charge in [-0.2, -0.15) is 0 Å². The molecule has 1 N–H and O–H groups in total. The quantitative estimate of drug-likeness (QED) is 0.916. The van der Waals surface area contributed by atoms with Crippen molar-refractivity contribution in [2.75, 3.05) is 7.11 Å². The van der Waals surface area contributed by atoms with Crippen molar-refractivity contribution in [1.82, 2.24) is 0 Å². The molecule has 5 nitrogen and oxygen atoms in total. The van der Waals surface area contributed by atoms with E-state index in [1.165, 1.54) is 25.3 Å². The Kier molecular flexibility index (Phi) is 4.51. The number of aromatic carboxylic acids is 1. The molecule has 0 saturated heterocycles. The molecule has 2 aromatic rings. The molecule has 0 bridgehead atoms. The summed E-state index contributed by atoms with van der Waals surface area (Å²) >= 11 is 0. The summed E-state index contributed by atoms with van der Waals surface area (Å²) in [5, 5.41) is 8.96. The van der Waals surface area contributed by atoms with E-state index in [4.69, 9.17) is 9.84 Å². The summed E-state index contributed by atoms with van der Waals surface area (Å²) in [6.07, 6.45) is 0. The van der Waals surface area contributed by atoms with Gasteiger partial charge in [0.1, 0.15) is 10.6 Å². The van der Waals surface area contributed by atoms with Crippen molar-refractivity contribution in [3.63, 3.8) is 0 Å². The van der Waals surface area contributed by atoms with Crippen LogP contribution in [0.15, 0.2) is 47.4 Å². The fraction of sp³-hybridized carbons (Fsp3) is 0.188. The lowest BCUT2D eigenvalue weighted by atomic mass is 10.2. The summed E-state index contributed by atoms with van der Waals surface area (Å²) < 4.78 is 30.1. The molecule has 2 aromatic carbocycles. The maximum Gasteiger partial charge on any atom is 0.335 e. The minimum absolute atomic E-state index is 0.0125. The molecule has 2 rings (SSSR count). The third-order valence-corrected chi connectivity index (χ3v) is 4.91. The number of hydrogen-bond donors (Lipinski definition) is 1.